The average Bonchev–Trinajstić information content (AvgIpc) is 3.42. The molecule has 2 aliphatic rings. The standard InChI is InChI=1S/C43H60F2O5Si/c1-7-8-26-39(49-41-28-19-20-31-48-41)43(44,45)30-29-36-33(2)32-38(37(36)25-17-9-10-18-27-40(46)47-6)50-51(42(3,4)5,34-21-13-11-14-22-34)35-23-15-12-16-24-35/h9,11-17,21-24,29-30,36-39,41H,2,7-8,10,18-20,25-28,31-32H2,1,3-6H3/t36-,37-,38-,39?,41?/m1/s1. The Balaban J connectivity index is 1.68. The quantitative estimate of drug-likeness (QED) is 0.0664. The lowest BCUT2D eigenvalue weighted by Crippen LogP contribution is -2.68. The van der Waals surface area contributed by atoms with Crippen LogP contribution in [0, 0.1) is 11.8 Å². The van der Waals surface area contributed by atoms with Gasteiger partial charge in [-0.05, 0) is 78.8 Å². The third-order valence-electron chi connectivity index (χ3n) is 10.4. The van der Waals surface area contributed by atoms with Crippen molar-refractivity contribution in [3.05, 3.63) is 97.1 Å². The number of halogens is 2. The second kappa shape index (κ2) is 19.2. The Bertz CT molecular complexity index is 1380. The summed E-state index contributed by atoms with van der Waals surface area (Å²) in [6.45, 7) is 13.8. The molecular formula is C43H60F2O5Si. The summed E-state index contributed by atoms with van der Waals surface area (Å²) in [6, 6.07) is 21.0. The minimum Gasteiger partial charge on any atom is -0.469 e. The van der Waals surface area contributed by atoms with Crippen LogP contribution in [0.25, 0.3) is 0 Å². The zero-order valence-electron chi connectivity index (χ0n) is 31.5. The molecule has 0 bridgehead atoms. The van der Waals surface area contributed by atoms with E-state index in [2.05, 4.69) is 88.0 Å². The first-order valence-electron chi connectivity index (χ1n) is 19.0. The number of esters is 1. The number of hydrogen-bond acceptors (Lipinski definition) is 5. The van der Waals surface area contributed by atoms with Gasteiger partial charge in [0.05, 0.1) is 13.2 Å². The lowest BCUT2D eigenvalue weighted by atomic mass is 9.88. The number of benzene rings is 2. The first-order chi connectivity index (χ1) is 24.4. The smallest absolute Gasteiger partial charge is 0.305 e. The highest BCUT2D eigenvalue weighted by Crippen LogP contribution is 2.46. The highest BCUT2D eigenvalue weighted by molar-refractivity contribution is 6.99. The fourth-order valence-corrected chi connectivity index (χ4v) is 12.4. The molecular weight excluding hydrogens is 663 g/mol. The van der Waals surface area contributed by atoms with Crippen molar-refractivity contribution in [1.29, 1.82) is 0 Å². The van der Waals surface area contributed by atoms with Gasteiger partial charge in [-0.15, -0.1) is 0 Å². The van der Waals surface area contributed by atoms with Gasteiger partial charge in [-0.3, -0.25) is 4.79 Å². The Morgan fingerprint density at radius 1 is 1.02 bits per heavy atom. The van der Waals surface area contributed by atoms with E-state index in [1.807, 2.05) is 19.1 Å². The van der Waals surface area contributed by atoms with Gasteiger partial charge in [0.15, 0.2) is 6.29 Å². The van der Waals surface area contributed by atoms with Crippen LogP contribution in [0.4, 0.5) is 8.78 Å². The van der Waals surface area contributed by atoms with Crippen LogP contribution >= 0.6 is 0 Å². The third kappa shape index (κ3) is 10.8. The SMILES string of the molecule is C=C1C[C@@H](O[Si](c2ccccc2)(c2ccccc2)C(C)(C)C)[C@H](CC=CCCCC(=O)OC)[C@@H]1C=CC(F)(F)C(CCCC)OC1CCCCO1. The summed E-state index contributed by atoms with van der Waals surface area (Å²) in [4.78, 5) is 11.6. The summed E-state index contributed by atoms with van der Waals surface area (Å²) >= 11 is 0. The second-order valence-corrected chi connectivity index (χ2v) is 19.4. The Hall–Kier alpha value is -2.91. The molecule has 1 heterocycles. The fourth-order valence-electron chi connectivity index (χ4n) is 7.62. The Labute approximate surface area is 306 Å². The summed E-state index contributed by atoms with van der Waals surface area (Å²) in [5.74, 6) is -3.82. The van der Waals surface area contributed by atoms with Crippen molar-refractivity contribution in [2.24, 2.45) is 11.8 Å². The predicted molar refractivity (Wildman–Crippen MR) is 205 cm³/mol. The highest BCUT2D eigenvalue weighted by atomic mass is 28.4. The largest absolute Gasteiger partial charge is 0.469 e. The van der Waals surface area contributed by atoms with Crippen molar-refractivity contribution >= 4 is 24.7 Å². The molecule has 1 aliphatic carbocycles. The highest BCUT2D eigenvalue weighted by Gasteiger charge is 2.54. The molecule has 5 atom stereocenters. The minimum atomic E-state index is -3.18. The van der Waals surface area contributed by atoms with E-state index in [9.17, 15) is 4.79 Å². The summed E-state index contributed by atoms with van der Waals surface area (Å²) in [5, 5.41) is 2.12. The van der Waals surface area contributed by atoms with Crippen molar-refractivity contribution in [3.63, 3.8) is 0 Å². The van der Waals surface area contributed by atoms with Gasteiger partial charge in [0.1, 0.15) is 6.10 Å². The molecule has 0 amide bonds. The van der Waals surface area contributed by atoms with Crippen LogP contribution in [0.2, 0.25) is 5.04 Å². The minimum absolute atomic E-state index is 0.111. The number of rotatable bonds is 18. The lowest BCUT2D eigenvalue weighted by molar-refractivity contribution is -0.229. The molecule has 2 fully saturated rings. The number of carbonyl (C=O) groups is 1. The van der Waals surface area contributed by atoms with Gasteiger partial charge in [-0.25, -0.2) is 0 Å². The molecule has 51 heavy (non-hydrogen) atoms. The normalized spacial score (nSPS) is 22.5. The molecule has 1 saturated heterocycles. The van der Waals surface area contributed by atoms with Gasteiger partial charge in [0, 0.05) is 18.9 Å². The maximum absolute atomic E-state index is 16.2. The van der Waals surface area contributed by atoms with E-state index in [0.717, 1.165) is 37.3 Å². The molecule has 0 spiro atoms. The Morgan fingerprint density at radius 2 is 1.69 bits per heavy atom. The number of unbranched alkanes of at least 4 members (excludes halogenated alkanes) is 2. The maximum atomic E-state index is 16.2. The van der Waals surface area contributed by atoms with E-state index in [1.54, 1.807) is 6.08 Å². The van der Waals surface area contributed by atoms with Crippen molar-refractivity contribution in [2.45, 2.75) is 128 Å². The molecule has 0 N–H and O–H groups in total. The average molecular weight is 723 g/mol. The second-order valence-electron chi connectivity index (χ2n) is 15.1. The number of carbonyl (C=O) groups excluding carboxylic acids is 1. The fraction of sp³-hybridized carbons (Fsp3) is 0.558. The Morgan fingerprint density at radius 3 is 2.25 bits per heavy atom. The molecule has 280 valence electrons. The molecule has 1 saturated carbocycles. The topological polar surface area (TPSA) is 54.0 Å². The van der Waals surface area contributed by atoms with Crippen molar-refractivity contribution in [2.75, 3.05) is 13.7 Å². The zero-order chi connectivity index (χ0) is 36.9. The molecule has 4 rings (SSSR count). The molecule has 2 aromatic rings. The molecule has 0 aromatic heterocycles. The molecule has 8 heteroatoms. The summed E-state index contributed by atoms with van der Waals surface area (Å²) in [7, 11) is -1.53. The molecule has 5 nitrogen and oxygen atoms in total. The molecule has 2 unspecified atom stereocenters. The summed E-state index contributed by atoms with van der Waals surface area (Å²) < 4.78 is 56.4. The monoisotopic (exact) mass is 722 g/mol. The van der Waals surface area contributed by atoms with E-state index < -0.39 is 26.6 Å². The molecule has 0 radical (unpaired) electrons. The Kier molecular flexibility index (Phi) is 15.4. The predicted octanol–water partition coefficient (Wildman–Crippen LogP) is 9.71. The lowest BCUT2D eigenvalue weighted by Gasteiger charge is -2.45. The third-order valence-corrected chi connectivity index (χ3v) is 15.5. The van der Waals surface area contributed by atoms with E-state index in [1.165, 1.54) is 17.5 Å². The summed E-state index contributed by atoms with van der Waals surface area (Å²) in [5.41, 5.74) is 0.899. The van der Waals surface area contributed by atoms with Gasteiger partial charge in [0.2, 0.25) is 0 Å². The van der Waals surface area contributed by atoms with Crippen LogP contribution in [0.5, 0.6) is 0 Å². The number of methoxy groups -OCH3 is 1. The molecule has 1 aliphatic heterocycles. The van der Waals surface area contributed by atoms with Gasteiger partial charge < -0.3 is 18.6 Å². The van der Waals surface area contributed by atoms with Crippen molar-refractivity contribution in [3.8, 4) is 0 Å². The molecule has 2 aromatic carbocycles. The number of alkyl halides is 2. The van der Waals surface area contributed by atoms with E-state index in [-0.39, 0.29) is 35.4 Å². The van der Waals surface area contributed by atoms with E-state index in [0.29, 0.717) is 45.1 Å². The van der Waals surface area contributed by atoms with Gasteiger partial charge in [0.25, 0.3) is 14.2 Å². The first-order valence-corrected chi connectivity index (χ1v) is 20.9. The van der Waals surface area contributed by atoms with Gasteiger partial charge in [-0.1, -0.05) is 132 Å². The van der Waals surface area contributed by atoms with Crippen LogP contribution in [0.1, 0.15) is 98.3 Å². The zero-order valence-corrected chi connectivity index (χ0v) is 32.5. The van der Waals surface area contributed by atoms with Crippen LogP contribution in [-0.4, -0.2) is 52.4 Å². The van der Waals surface area contributed by atoms with E-state index in [4.69, 9.17) is 18.6 Å². The number of ether oxygens (including phenoxy) is 3. The maximum Gasteiger partial charge on any atom is 0.305 e. The first kappa shape index (κ1) is 40.9. The van der Waals surface area contributed by atoms with Gasteiger partial charge >= 0.3 is 5.97 Å². The number of hydrogen-bond donors (Lipinski definition) is 0. The van der Waals surface area contributed by atoms with Gasteiger partial charge in [-0.2, -0.15) is 8.78 Å². The van der Waals surface area contributed by atoms with Crippen LogP contribution in [-0.2, 0) is 23.4 Å². The number of allylic oxidation sites excluding steroid dienone is 3. The van der Waals surface area contributed by atoms with Crippen LogP contribution < -0.4 is 10.4 Å². The van der Waals surface area contributed by atoms with Crippen LogP contribution in [0.3, 0.4) is 0 Å². The van der Waals surface area contributed by atoms with Crippen LogP contribution in [0.15, 0.2) is 97.1 Å². The van der Waals surface area contributed by atoms with Crippen molar-refractivity contribution < 1.29 is 32.2 Å². The summed E-state index contributed by atoms with van der Waals surface area (Å²) in [6.07, 6.45) is 12.0. The van der Waals surface area contributed by atoms with E-state index >= 15 is 8.78 Å². The van der Waals surface area contributed by atoms with Crippen molar-refractivity contribution in [1.82, 2.24) is 0 Å².